The lowest BCUT2D eigenvalue weighted by Gasteiger charge is -2.36. The molecule has 0 aliphatic carbocycles. The molecule has 0 amide bonds. The molecule has 102 valence electrons. The van der Waals surface area contributed by atoms with E-state index < -0.39 is 17.3 Å². The van der Waals surface area contributed by atoms with Gasteiger partial charge in [0, 0.05) is 5.70 Å². The maximum absolute atomic E-state index is 12.8. The monoisotopic (exact) mass is 260 g/mol. The summed E-state index contributed by atoms with van der Waals surface area (Å²) in [5.41, 5.74) is -0.654. The molecule has 2 N–H and O–H groups in total. The van der Waals surface area contributed by atoms with Crippen LogP contribution in [0, 0.1) is 5.92 Å². The normalized spacial score (nSPS) is 27.5. The van der Waals surface area contributed by atoms with Gasteiger partial charge in [0.2, 0.25) is 0 Å². The van der Waals surface area contributed by atoms with E-state index in [2.05, 4.69) is 10.6 Å². The van der Waals surface area contributed by atoms with E-state index in [1.165, 1.54) is 6.08 Å². The van der Waals surface area contributed by atoms with Crippen LogP contribution in [0.2, 0.25) is 0 Å². The van der Waals surface area contributed by atoms with Gasteiger partial charge in [0.05, 0.1) is 11.1 Å². The Hall–Kier alpha value is -0.970. The van der Waals surface area contributed by atoms with Gasteiger partial charge in [0.25, 0.3) is 0 Å². The second kappa shape index (κ2) is 4.61. The topological polar surface area (TPSA) is 24.1 Å². The molecule has 2 aliphatic heterocycles. The van der Waals surface area contributed by atoms with Crippen molar-refractivity contribution in [2.24, 2.45) is 5.92 Å². The van der Waals surface area contributed by atoms with Crippen LogP contribution in [-0.4, -0.2) is 24.8 Å². The highest BCUT2D eigenvalue weighted by atomic mass is 19.4. The molecule has 0 saturated carbocycles. The van der Waals surface area contributed by atoms with Crippen LogP contribution in [-0.2, 0) is 0 Å². The van der Waals surface area contributed by atoms with Crippen molar-refractivity contribution in [2.45, 2.75) is 38.4 Å². The van der Waals surface area contributed by atoms with Crippen LogP contribution in [0.3, 0.4) is 0 Å². The molecule has 0 spiro atoms. The predicted octanol–water partition coefficient (Wildman–Crippen LogP) is 2.74. The number of allylic oxidation sites excluding steroid dienone is 3. The Kier molecular flexibility index (Phi) is 3.45. The number of alkyl halides is 3. The first-order valence-corrected chi connectivity index (χ1v) is 6.26. The van der Waals surface area contributed by atoms with Crippen molar-refractivity contribution in [3.8, 4) is 0 Å². The van der Waals surface area contributed by atoms with Gasteiger partial charge in [0.15, 0.2) is 0 Å². The molecule has 2 aliphatic rings. The van der Waals surface area contributed by atoms with Crippen LogP contribution in [0.25, 0.3) is 0 Å². The molecule has 2 nitrogen and oxygen atoms in total. The van der Waals surface area contributed by atoms with Gasteiger partial charge in [-0.2, -0.15) is 13.2 Å². The fourth-order valence-electron chi connectivity index (χ4n) is 2.67. The van der Waals surface area contributed by atoms with Gasteiger partial charge in [-0.15, -0.1) is 0 Å². The summed E-state index contributed by atoms with van der Waals surface area (Å²) < 4.78 is 38.5. The highest BCUT2D eigenvalue weighted by Crippen LogP contribution is 2.37. The molecule has 0 aromatic rings. The van der Waals surface area contributed by atoms with E-state index in [1.807, 2.05) is 0 Å². The molecule has 1 atom stereocenters. The minimum absolute atomic E-state index is 0.511. The summed E-state index contributed by atoms with van der Waals surface area (Å²) in [5.74, 6) is 0.528. The van der Waals surface area contributed by atoms with Crippen molar-refractivity contribution in [1.29, 1.82) is 0 Å². The number of hydrogen-bond acceptors (Lipinski definition) is 2. The largest absolute Gasteiger partial charge is 0.414 e. The van der Waals surface area contributed by atoms with Crippen molar-refractivity contribution in [3.63, 3.8) is 0 Å². The molecule has 1 unspecified atom stereocenters. The Balaban J connectivity index is 2.11. The summed E-state index contributed by atoms with van der Waals surface area (Å²) in [4.78, 5) is 0. The Bertz CT molecular complexity index is 374. The summed E-state index contributed by atoms with van der Waals surface area (Å²) in [7, 11) is 0. The lowest BCUT2D eigenvalue weighted by molar-refractivity contribution is -0.101. The maximum atomic E-state index is 12.8. The molecule has 0 radical (unpaired) electrons. The number of dihydropyridines is 1. The molecule has 1 saturated heterocycles. The average Bonchev–Trinajstić information content (AvgIpc) is 2.66. The van der Waals surface area contributed by atoms with Crippen LogP contribution in [0.15, 0.2) is 23.4 Å². The zero-order chi connectivity index (χ0) is 13.4. The highest BCUT2D eigenvalue weighted by molar-refractivity contribution is 5.34. The molecule has 2 heterocycles. The molecule has 0 bridgehead atoms. The second-order valence-electron chi connectivity index (χ2n) is 5.58. The Morgan fingerprint density at radius 2 is 2.06 bits per heavy atom. The first-order chi connectivity index (χ1) is 8.29. The second-order valence-corrected chi connectivity index (χ2v) is 5.58. The molecular weight excluding hydrogens is 241 g/mol. The van der Waals surface area contributed by atoms with Gasteiger partial charge in [-0.1, -0.05) is 6.08 Å². The fourth-order valence-corrected chi connectivity index (χ4v) is 2.67. The molecule has 18 heavy (non-hydrogen) atoms. The lowest BCUT2D eigenvalue weighted by atomic mass is 9.88. The van der Waals surface area contributed by atoms with E-state index in [0.29, 0.717) is 5.92 Å². The van der Waals surface area contributed by atoms with Crippen LogP contribution in [0.4, 0.5) is 13.2 Å². The van der Waals surface area contributed by atoms with E-state index >= 15 is 0 Å². The first-order valence-electron chi connectivity index (χ1n) is 6.26. The van der Waals surface area contributed by atoms with Crippen LogP contribution < -0.4 is 10.6 Å². The van der Waals surface area contributed by atoms with E-state index in [9.17, 15) is 13.2 Å². The van der Waals surface area contributed by atoms with Gasteiger partial charge in [-0.25, -0.2) is 0 Å². The lowest BCUT2D eigenvalue weighted by Crippen LogP contribution is -2.47. The van der Waals surface area contributed by atoms with Crippen LogP contribution in [0.5, 0.6) is 0 Å². The summed E-state index contributed by atoms with van der Waals surface area (Å²) in [6, 6.07) is 0. The van der Waals surface area contributed by atoms with E-state index in [-0.39, 0.29) is 0 Å². The number of nitrogens with one attached hydrogen (secondary N) is 2. The van der Waals surface area contributed by atoms with E-state index in [0.717, 1.165) is 31.6 Å². The third kappa shape index (κ3) is 2.88. The van der Waals surface area contributed by atoms with Crippen molar-refractivity contribution in [3.05, 3.63) is 23.4 Å². The molecule has 0 aromatic carbocycles. The SMILES string of the molecule is CC1(C)NC(CC2CCNC2)=CC=C1C(F)(F)F. The quantitative estimate of drug-likeness (QED) is 0.797. The van der Waals surface area contributed by atoms with E-state index in [1.54, 1.807) is 19.9 Å². The first kappa shape index (κ1) is 13.5. The third-order valence-corrected chi connectivity index (χ3v) is 3.57. The third-order valence-electron chi connectivity index (χ3n) is 3.57. The molecule has 0 aromatic heterocycles. The summed E-state index contributed by atoms with van der Waals surface area (Å²) >= 11 is 0. The Labute approximate surface area is 105 Å². The molecule has 5 heteroatoms. The zero-order valence-corrected chi connectivity index (χ0v) is 10.7. The van der Waals surface area contributed by atoms with Gasteiger partial charge in [0.1, 0.15) is 0 Å². The van der Waals surface area contributed by atoms with Crippen molar-refractivity contribution < 1.29 is 13.2 Å². The predicted molar refractivity (Wildman–Crippen MR) is 65.0 cm³/mol. The zero-order valence-electron chi connectivity index (χ0n) is 10.7. The van der Waals surface area contributed by atoms with Crippen molar-refractivity contribution >= 4 is 0 Å². The standard InChI is InChI=1S/C13H19F3N2/c1-12(2)11(13(14,15)16)4-3-10(18-12)7-9-5-6-17-8-9/h3-4,9,17-18H,5-8H2,1-2H3. The fraction of sp³-hybridized carbons (Fsp3) is 0.692. The number of hydrogen-bond donors (Lipinski definition) is 2. The van der Waals surface area contributed by atoms with Crippen LogP contribution >= 0.6 is 0 Å². The molecule has 2 rings (SSSR count). The molecular formula is C13H19F3N2. The summed E-state index contributed by atoms with van der Waals surface area (Å²) in [5, 5.41) is 6.29. The highest BCUT2D eigenvalue weighted by Gasteiger charge is 2.44. The van der Waals surface area contributed by atoms with Crippen molar-refractivity contribution in [2.75, 3.05) is 13.1 Å². The minimum Gasteiger partial charge on any atom is -0.379 e. The summed E-state index contributed by atoms with van der Waals surface area (Å²) in [6.45, 7) is 5.11. The van der Waals surface area contributed by atoms with Crippen molar-refractivity contribution in [1.82, 2.24) is 10.6 Å². The smallest absolute Gasteiger partial charge is 0.379 e. The Morgan fingerprint density at radius 3 is 2.56 bits per heavy atom. The minimum atomic E-state index is -4.27. The average molecular weight is 260 g/mol. The van der Waals surface area contributed by atoms with E-state index in [4.69, 9.17) is 0 Å². The number of rotatable bonds is 2. The van der Waals surface area contributed by atoms with Gasteiger partial charge in [-0.05, 0) is 51.8 Å². The van der Waals surface area contributed by atoms with Gasteiger partial charge in [-0.3, -0.25) is 0 Å². The van der Waals surface area contributed by atoms with Gasteiger partial charge >= 0.3 is 6.18 Å². The number of halogens is 3. The van der Waals surface area contributed by atoms with Crippen LogP contribution in [0.1, 0.15) is 26.7 Å². The summed E-state index contributed by atoms with van der Waals surface area (Å²) in [6.07, 6.45) is 0.432. The maximum Gasteiger partial charge on any atom is 0.414 e. The Morgan fingerprint density at radius 1 is 1.33 bits per heavy atom. The molecule has 1 fully saturated rings. The van der Waals surface area contributed by atoms with Gasteiger partial charge < -0.3 is 10.6 Å².